The van der Waals surface area contributed by atoms with E-state index in [1.165, 1.54) is 36.4 Å². The van der Waals surface area contributed by atoms with E-state index in [2.05, 4.69) is 45.1 Å². The highest BCUT2D eigenvalue weighted by Crippen LogP contribution is 2.55. The minimum Gasteiger partial charge on any atom is -0.350 e. The van der Waals surface area contributed by atoms with Crippen molar-refractivity contribution in [2.75, 3.05) is 11.1 Å². The van der Waals surface area contributed by atoms with Crippen molar-refractivity contribution in [3.05, 3.63) is 78.4 Å². The fraction of sp³-hybridized carbons (Fsp3) is 0.344. The molecule has 0 spiro atoms. The summed E-state index contributed by atoms with van der Waals surface area (Å²) in [6.07, 6.45) is 7.47. The molecule has 4 bridgehead atoms. The van der Waals surface area contributed by atoms with Gasteiger partial charge in [0.15, 0.2) is 5.82 Å². The average Bonchev–Trinajstić information content (AvgIpc) is 3.39. The molecule has 4 aromatic rings. The van der Waals surface area contributed by atoms with Crippen molar-refractivity contribution >= 4 is 40.2 Å². The predicted molar refractivity (Wildman–Crippen MR) is 156 cm³/mol. The normalized spacial score (nSPS) is 25.1. The van der Waals surface area contributed by atoms with Crippen LogP contribution in [0.1, 0.15) is 48.9 Å². The standard InChI is InChI=1S/C32H32N4O2S/c37-30(34-32-16-20-11-21(17-32)13-22(12-20)18-32)19-39-28-8-4-3-7-26(28)31(38)33-29-15-27(35-36-29)25-10-9-23-5-1-2-6-24(23)14-25/h1-10,14-15,20-22H,11-13,16-19H2,(H,34,37)(H2,33,35,36,38). The van der Waals surface area contributed by atoms with Crippen molar-refractivity contribution in [2.45, 2.75) is 49.0 Å². The number of hydrogen-bond acceptors (Lipinski definition) is 4. The Labute approximate surface area is 232 Å². The van der Waals surface area contributed by atoms with Crippen molar-refractivity contribution in [3.63, 3.8) is 0 Å². The van der Waals surface area contributed by atoms with Gasteiger partial charge in [-0.25, -0.2) is 0 Å². The molecule has 0 radical (unpaired) electrons. The third kappa shape index (κ3) is 4.96. The summed E-state index contributed by atoms with van der Waals surface area (Å²) in [5.74, 6) is 2.97. The molecule has 4 saturated carbocycles. The average molecular weight is 537 g/mol. The van der Waals surface area contributed by atoms with Crippen LogP contribution in [0.15, 0.2) is 77.7 Å². The van der Waals surface area contributed by atoms with Gasteiger partial charge < -0.3 is 10.6 Å². The number of nitrogens with one attached hydrogen (secondary N) is 3. The van der Waals surface area contributed by atoms with E-state index < -0.39 is 0 Å². The van der Waals surface area contributed by atoms with Gasteiger partial charge in [-0.15, -0.1) is 11.8 Å². The van der Waals surface area contributed by atoms with Gasteiger partial charge in [0.25, 0.3) is 5.91 Å². The Balaban J connectivity index is 1.00. The van der Waals surface area contributed by atoms with Gasteiger partial charge >= 0.3 is 0 Å². The maximum absolute atomic E-state index is 13.2. The Bertz CT molecular complexity index is 1530. The molecule has 0 saturated heterocycles. The molecule has 6 nitrogen and oxygen atoms in total. The molecule has 1 aromatic heterocycles. The van der Waals surface area contributed by atoms with Crippen LogP contribution in [0.5, 0.6) is 0 Å². The van der Waals surface area contributed by atoms with Crippen LogP contribution in [0.25, 0.3) is 22.0 Å². The molecule has 39 heavy (non-hydrogen) atoms. The van der Waals surface area contributed by atoms with Crippen molar-refractivity contribution in [2.24, 2.45) is 17.8 Å². The van der Waals surface area contributed by atoms with E-state index in [4.69, 9.17) is 0 Å². The molecular weight excluding hydrogens is 504 g/mol. The number of carbonyl (C=O) groups is 2. The lowest BCUT2D eigenvalue weighted by atomic mass is 9.53. The molecule has 3 aromatic carbocycles. The highest BCUT2D eigenvalue weighted by atomic mass is 32.2. The summed E-state index contributed by atoms with van der Waals surface area (Å²) in [7, 11) is 0. The van der Waals surface area contributed by atoms with E-state index in [-0.39, 0.29) is 17.4 Å². The number of rotatable bonds is 7. The summed E-state index contributed by atoms with van der Waals surface area (Å²) in [4.78, 5) is 27.1. The monoisotopic (exact) mass is 536 g/mol. The van der Waals surface area contributed by atoms with Crippen molar-refractivity contribution in [3.8, 4) is 11.3 Å². The van der Waals surface area contributed by atoms with E-state index in [1.54, 1.807) is 6.07 Å². The van der Waals surface area contributed by atoms with Crippen LogP contribution >= 0.6 is 11.8 Å². The van der Waals surface area contributed by atoms with Gasteiger partial charge in [0.05, 0.1) is 17.0 Å². The molecule has 0 atom stereocenters. The van der Waals surface area contributed by atoms with Gasteiger partial charge in [-0.1, -0.05) is 48.5 Å². The fourth-order valence-corrected chi connectivity index (χ4v) is 8.44. The number of fused-ring (bicyclic) bond motifs is 1. The Morgan fingerprint density at radius 3 is 2.33 bits per heavy atom. The topological polar surface area (TPSA) is 86.9 Å². The number of amides is 2. The zero-order chi connectivity index (χ0) is 26.4. The van der Waals surface area contributed by atoms with E-state index in [0.29, 0.717) is 17.1 Å². The number of H-pyrrole nitrogens is 1. The zero-order valence-electron chi connectivity index (χ0n) is 21.8. The Kier molecular flexibility index (Phi) is 6.19. The summed E-state index contributed by atoms with van der Waals surface area (Å²) in [6, 6.07) is 23.7. The summed E-state index contributed by atoms with van der Waals surface area (Å²) >= 11 is 1.42. The highest BCUT2D eigenvalue weighted by molar-refractivity contribution is 8.00. The second-order valence-electron chi connectivity index (χ2n) is 11.7. The van der Waals surface area contributed by atoms with Gasteiger partial charge in [0, 0.05) is 22.1 Å². The predicted octanol–water partition coefficient (Wildman–Crippen LogP) is 6.66. The van der Waals surface area contributed by atoms with Crippen molar-refractivity contribution in [1.29, 1.82) is 0 Å². The lowest BCUT2D eigenvalue weighted by Crippen LogP contribution is -2.60. The maximum Gasteiger partial charge on any atom is 0.257 e. The van der Waals surface area contributed by atoms with Crippen LogP contribution in [-0.4, -0.2) is 33.3 Å². The molecule has 4 aliphatic carbocycles. The largest absolute Gasteiger partial charge is 0.350 e. The number of hydrogen-bond donors (Lipinski definition) is 3. The first-order valence-electron chi connectivity index (χ1n) is 13.9. The molecule has 3 N–H and O–H groups in total. The molecule has 7 heteroatoms. The maximum atomic E-state index is 13.2. The summed E-state index contributed by atoms with van der Waals surface area (Å²) in [5, 5.41) is 16.0. The number of anilines is 1. The first kappa shape index (κ1) is 24.5. The van der Waals surface area contributed by atoms with Crippen LogP contribution in [0.2, 0.25) is 0 Å². The number of carbonyl (C=O) groups excluding carboxylic acids is 2. The van der Waals surface area contributed by atoms with Gasteiger partial charge in [-0.3, -0.25) is 14.7 Å². The zero-order valence-corrected chi connectivity index (χ0v) is 22.6. The Morgan fingerprint density at radius 2 is 1.56 bits per heavy atom. The second kappa shape index (κ2) is 9.87. The molecule has 4 fully saturated rings. The SMILES string of the molecule is O=C(CSc1ccccc1C(=O)Nc1cc(-c2ccc3ccccc3c2)[nH]n1)NC12CC3CC(CC(C3)C1)C2. The third-order valence-electron chi connectivity index (χ3n) is 8.81. The van der Waals surface area contributed by atoms with Crippen LogP contribution in [0.3, 0.4) is 0 Å². The van der Waals surface area contributed by atoms with Gasteiger partial charge in [0.2, 0.25) is 5.91 Å². The first-order valence-corrected chi connectivity index (χ1v) is 14.9. The molecule has 198 valence electrons. The minimum atomic E-state index is -0.240. The van der Waals surface area contributed by atoms with Crippen LogP contribution in [-0.2, 0) is 4.79 Å². The number of aromatic nitrogens is 2. The van der Waals surface area contributed by atoms with Crippen LogP contribution in [0, 0.1) is 17.8 Å². The van der Waals surface area contributed by atoms with Crippen LogP contribution < -0.4 is 10.6 Å². The Hall–Kier alpha value is -3.58. The smallest absolute Gasteiger partial charge is 0.257 e. The molecule has 1 heterocycles. The van der Waals surface area contributed by atoms with E-state index >= 15 is 0 Å². The lowest BCUT2D eigenvalue weighted by molar-refractivity contribution is -0.124. The van der Waals surface area contributed by atoms with Gasteiger partial charge in [-0.2, -0.15) is 5.10 Å². The quantitative estimate of drug-likeness (QED) is 0.231. The Morgan fingerprint density at radius 1 is 0.872 bits per heavy atom. The molecule has 4 aliphatic rings. The number of thioether (sulfide) groups is 1. The number of aromatic amines is 1. The molecule has 2 amide bonds. The van der Waals surface area contributed by atoms with E-state index in [0.717, 1.165) is 58.6 Å². The molecule has 0 unspecified atom stereocenters. The van der Waals surface area contributed by atoms with E-state index in [1.807, 2.05) is 42.5 Å². The second-order valence-corrected chi connectivity index (χ2v) is 12.7. The van der Waals surface area contributed by atoms with Crippen molar-refractivity contribution in [1.82, 2.24) is 15.5 Å². The lowest BCUT2D eigenvalue weighted by Gasteiger charge is -2.56. The molecule has 8 rings (SSSR count). The summed E-state index contributed by atoms with van der Waals surface area (Å²) in [5.41, 5.74) is 2.38. The van der Waals surface area contributed by atoms with Crippen molar-refractivity contribution < 1.29 is 9.59 Å². The number of benzene rings is 3. The summed E-state index contributed by atoms with van der Waals surface area (Å²) < 4.78 is 0. The summed E-state index contributed by atoms with van der Waals surface area (Å²) in [6.45, 7) is 0. The minimum absolute atomic E-state index is 0.00594. The fourth-order valence-electron chi connectivity index (χ4n) is 7.59. The molecule has 0 aliphatic heterocycles. The van der Waals surface area contributed by atoms with Gasteiger partial charge in [-0.05, 0) is 85.3 Å². The van der Waals surface area contributed by atoms with Gasteiger partial charge in [0.1, 0.15) is 0 Å². The highest BCUT2D eigenvalue weighted by Gasteiger charge is 2.51. The number of nitrogens with zero attached hydrogens (tertiary/aromatic N) is 1. The van der Waals surface area contributed by atoms with E-state index in [9.17, 15) is 9.59 Å². The molecular formula is C32H32N4O2S. The third-order valence-corrected chi connectivity index (χ3v) is 9.89. The first-order chi connectivity index (χ1) is 19.0. The van der Waals surface area contributed by atoms with Crippen LogP contribution in [0.4, 0.5) is 5.82 Å².